The molecule has 6 heteroatoms. The Kier molecular flexibility index (Phi) is 5.89. The summed E-state index contributed by atoms with van der Waals surface area (Å²) in [6.07, 6.45) is 0. The minimum Gasteiger partial charge on any atom is -0.497 e. The lowest BCUT2D eigenvalue weighted by Crippen LogP contribution is -2.39. The van der Waals surface area contributed by atoms with Crippen molar-refractivity contribution in [2.24, 2.45) is 0 Å². The Balaban J connectivity index is 1.95. The zero-order chi connectivity index (χ0) is 17.5. The van der Waals surface area contributed by atoms with Crippen LogP contribution < -0.4 is 15.0 Å². The number of carbonyl (C=O) groups excluding carboxylic acids is 2. The number of benzene rings is 2. The van der Waals surface area contributed by atoms with Crippen molar-refractivity contribution in [2.75, 3.05) is 18.6 Å². The number of nitrogens with zero attached hydrogens (tertiary/aromatic N) is 1. The van der Waals surface area contributed by atoms with Crippen molar-refractivity contribution in [1.82, 2.24) is 5.32 Å². The van der Waals surface area contributed by atoms with E-state index in [4.69, 9.17) is 4.74 Å². The van der Waals surface area contributed by atoms with E-state index >= 15 is 0 Å². The monoisotopic (exact) mass is 330 g/mol. The van der Waals surface area contributed by atoms with E-state index in [2.05, 4.69) is 5.32 Å². The fraction of sp³-hybridized carbons (Fsp3) is 0.222. The Morgan fingerprint density at radius 1 is 1.08 bits per heavy atom. The van der Waals surface area contributed by atoms with E-state index in [1.54, 1.807) is 7.11 Å². The SMILES string of the molecule is COc1ccc(CNC(=O)CN(C(C)=O)c2ccc(F)cc2)cc1. The van der Waals surface area contributed by atoms with Crippen LogP contribution in [0.5, 0.6) is 5.75 Å². The van der Waals surface area contributed by atoms with E-state index in [1.807, 2.05) is 24.3 Å². The number of halogens is 1. The number of methoxy groups -OCH3 is 1. The number of nitrogens with one attached hydrogen (secondary N) is 1. The number of ether oxygens (including phenoxy) is 1. The molecule has 0 radical (unpaired) electrons. The molecule has 0 aliphatic rings. The third-order valence-corrected chi connectivity index (χ3v) is 3.47. The zero-order valence-corrected chi connectivity index (χ0v) is 13.6. The van der Waals surface area contributed by atoms with Crippen molar-refractivity contribution in [2.45, 2.75) is 13.5 Å². The van der Waals surface area contributed by atoms with Gasteiger partial charge in [0.25, 0.3) is 0 Å². The van der Waals surface area contributed by atoms with Crippen LogP contribution in [0.3, 0.4) is 0 Å². The highest BCUT2D eigenvalue weighted by Gasteiger charge is 2.15. The molecule has 0 atom stereocenters. The summed E-state index contributed by atoms with van der Waals surface area (Å²) in [6, 6.07) is 12.7. The molecule has 0 aliphatic carbocycles. The summed E-state index contributed by atoms with van der Waals surface area (Å²) in [7, 11) is 1.59. The van der Waals surface area contributed by atoms with Crippen LogP contribution in [-0.4, -0.2) is 25.5 Å². The molecule has 0 heterocycles. The molecule has 0 saturated carbocycles. The lowest BCUT2D eigenvalue weighted by Gasteiger charge is -2.20. The highest BCUT2D eigenvalue weighted by Crippen LogP contribution is 2.15. The highest BCUT2D eigenvalue weighted by atomic mass is 19.1. The summed E-state index contributed by atoms with van der Waals surface area (Å²) in [6.45, 7) is 1.58. The molecule has 0 aliphatic heterocycles. The average Bonchev–Trinajstić information content (AvgIpc) is 2.59. The molecule has 2 amide bonds. The predicted octanol–water partition coefficient (Wildman–Crippen LogP) is 2.50. The van der Waals surface area contributed by atoms with Gasteiger partial charge in [-0.3, -0.25) is 9.59 Å². The molecule has 2 aromatic carbocycles. The Morgan fingerprint density at radius 2 is 1.71 bits per heavy atom. The van der Waals surface area contributed by atoms with E-state index in [-0.39, 0.29) is 18.4 Å². The standard InChI is InChI=1S/C18H19FN2O3/c1-13(22)21(16-7-5-15(19)6-8-16)12-18(23)20-11-14-3-9-17(24-2)10-4-14/h3-10H,11-12H2,1-2H3,(H,20,23). The Morgan fingerprint density at radius 3 is 2.25 bits per heavy atom. The molecule has 2 rings (SSSR count). The fourth-order valence-electron chi connectivity index (χ4n) is 2.15. The number of rotatable bonds is 6. The second-order valence-electron chi connectivity index (χ2n) is 5.21. The van der Waals surface area contributed by atoms with Crippen LogP contribution in [0.4, 0.5) is 10.1 Å². The summed E-state index contributed by atoms with van der Waals surface area (Å²) in [4.78, 5) is 25.1. The first kappa shape index (κ1) is 17.5. The van der Waals surface area contributed by atoms with Gasteiger partial charge in [-0.05, 0) is 42.0 Å². The first-order chi connectivity index (χ1) is 11.5. The van der Waals surface area contributed by atoms with E-state index in [9.17, 15) is 14.0 Å². The largest absolute Gasteiger partial charge is 0.497 e. The maximum absolute atomic E-state index is 13.0. The Bertz CT molecular complexity index is 699. The van der Waals surface area contributed by atoms with Crippen molar-refractivity contribution < 1.29 is 18.7 Å². The second-order valence-corrected chi connectivity index (χ2v) is 5.21. The smallest absolute Gasteiger partial charge is 0.240 e. The number of carbonyl (C=O) groups is 2. The topological polar surface area (TPSA) is 58.6 Å². The molecular weight excluding hydrogens is 311 g/mol. The van der Waals surface area contributed by atoms with Gasteiger partial charge in [0.1, 0.15) is 18.1 Å². The van der Waals surface area contributed by atoms with Gasteiger partial charge in [-0.25, -0.2) is 4.39 Å². The minimum atomic E-state index is -0.397. The van der Waals surface area contributed by atoms with Crippen LogP contribution in [0.2, 0.25) is 0 Å². The van der Waals surface area contributed by atoms with Crippen LogP contribution in [0.15, 0.2) is 48.5 Å². The van der Waals surface area contributed by atoms with Gasteiger partial charge in [0, 0.05) is 19.2 Å². The average molecular weight is 330 g/mol. The molecule has 0 unspecified atom stereocenters. The summed E-state index contributed by atoms with van der Waals surface area (Å²) in [5, 5.41) is 2.76. The van der Waals surface area contributed by atoms with Crippen molar-refractivity contribution in [3.8, 4) is 5.75 Å². The molecule has 0 spiro atoms. The fourth-order valence-corrected chi connectivity index (χ4v) is 2.15. The number of hydrogen-bond donors (Lipinski definition) is 1. The van der Waals surface area contributed by atoms with Crippen LogP contribution in [0, 0.1) is 5.82 Å². The second kappa shape index (κ2) is 8.10. The number of amides is 2. The van der Waals surface area contributed by atoms with Gasteiger partial charge < -0.3 is 15.0 Å². The summed E-state index contributed by atoms with van der Waals surface area (Å²) in [5.41, 5.74) is 1.39. The van der Waals surface area contributed by atoms with Gasteiger partial charge in [0.2, 0.25) is 11.8 Å². The molecule has 0 saturated heterocycles. The number of hydrogen-bond acceptors (Lipinski definition) is 3. The van der Waals surface area contributed by atoms with Gasteiger partial charge in [-0.15, -0.1) is 0 Å². The van der Waals surface area contributed by atoms with E-state index in [1.165, 1.54) is 36.1 Å². The molecule has 126 valence electrons. The van der Waals surface area contributed by atoms with Crippen LogP contribution in [-0.2, 0) is 16.1 Å². The summed E-state index contributed by atoms with van der Waals surface area (Å²) < 4.78 is 18.1. The maximum Gasteiger partial charge on any atom is 0.240 e. The van der Waals surface area contributed by atoms with Gasteiger partial charge in [0.15, 0.2) is 0 Å². The first-order valence-electron chi connectivity index (χ1n) is 7.43. The van der Waals surface area contributed by atoms with Gasteiger partial charge in [-0.1, -0.05) is 12.1 Å². The molecule has 0 aromatic heterocycles. The molecule has 1 N–H and O–H groups in total. The van der Waals surface area contributed by atoms with Crippen molar-refractivity contribution >= 4 is 17.5 Å². The summed E-state index contributed by atoms with van der Waals surface area (Å²) >= 11 is 0. The third kappa shape index (κ3) is 4.81. The lowest BCUT2D eigenvalue weighted by atomic mass is 10.2. The van der Waals surface area contributed by atoms with Crippen LogP contribution >= 0.6 is 0 Å². The van der Waals surface area contributed by atoms with E-state index in [0.717, 1.165) is 11.3 Å². The molecule has 24 heavy (non-hydrogen) atoms. The third-order valence-electron chi connectivity index (χ3n) is 3.47. The Hall–Kier alpha value is -2.89. The Labute approximate surface area is 140 Å². The molecule has 2 aromatic rings. The van der Waals surface area contributed by atoms with Crippen molar-refractivity contribution in [3.63, 3.8) is 0 Å². The normalized spacial score (nSPS) is 10.1. The summed E-state index contributed by atoms with van der Waals surface area (Å²) in [5.74, 6) is -0.248. The lowest BCUT2D eigenvalue weighted by molar-refractivity contribution is -0.123. The van der Waals surface area contributed by atoms with Crippen LogP contribution in [0.25, 0.3) is 0 Å². The van der Waals surface area contributed by atoms with Crippen molar-refractivity contribution in [3.05, 3.63) is 59.9 Å². The molecule has 0 bridgehead atoms. The zero-order valence-electron chi connectivity index (χ0n) is 13.6. The van der Waals surface area contributed by atoms with E-state index < -0.39 is 5.82 Å². The molecule has 0 fully saturated rings. The quantitative estimate of drug-likeness (QED) is 0.885. The van der Waals surface area contributed by atoms with Crippen molar-refractivity contribution in [1.29, 1.82) is 0 Å². The predicted molar refractivity (Wildman–Crippen MR) is 89.3 cm³/mol. The van der Waals surface area contributed by atoms with Gasteiger partial charge in [0.05, 0.1) is 7.11 Å². The highest BCUT2D eigenvalue weighted by molar-refractivity contribution is 5.97. The van der Waals surface area contributed by atoms with Gasteiger partial charge in [-0.2, -0.15) is 0 Å². The minimum absolute atomic E-state index is 0.128. The van der Waals surface area contributed by atoms with Gasteiger partial charge >= 0.3 is 0 Å². The maximum atomic E-state index is 13.0. The van der Waals surface area contributed by atoms with Crippen LogP contribution in [0.1, 0.15) is 12.5 Å². The number of anilines is 1. The molecular formula is C18H19FN2O3. The first-order valence-corrected chi connectivity index (χ1v) is 7.43. The van der Waals surface area contributed by atoms with E-state index in [0.29, 0.717) is 12.2 Å². The molecule has 5 nitrogen and oxygen atoms in total.